The predicted octanol–water partition coefficient (Wildman–Crippen LogP) is 3.56. The maximum Gasteiger partial charge on any atom is 0.481 e. The molecule has 0 aliphatic carbocycles. The SMILES string of the molecule is CCCCCCON(C([O])=O)c1ccccc1. The van der Waals surface area contributed by atoms with Gasteiger partial charge in [-0.25, -0.2) is 9.90 Å². The third kappa shape index (κ3) is 4.87. The van der Waals surface area contributed by atoms with Gasteiger partial charge in [0.1, 0.15) is 0 Å². The number of hydrogen-bond donors (Lipinski definition) is 0. The molecule has 93 valence electrons. The van der Waals surface area contributed by atoms with Crippen LogP contribution in [-0.4, -0.2) is 12.7 Å². The van der Waals surface area contributed by atoms with E-state index in [0.717, 1.165) is 30.7 Å². The van der Waals surface area contributed by atoms with Crippen LogP contribution in [0.5, 0.6) is 0 Å². The topological polar surface area (TPSA) is 49.4 Å². The maximum absolute atomic E-state index is 10.9. The average molecular weight is 236 g/mol. The van der Waals surface area contributed by atoms with E-state index < -0.39 is 6.09 Å². The van der Waals surface area contributed by atoms with E-state index in [1.54, 1.807) is 24.3 Å². The maximum atomic E-state index is 10.9. The second-order valence-electron chi connectivity index (χ2n) is 3.79. The van der Waals surface area contributed by atoms with Crippen LogP contribution in [0.4, 0.5) is 10.5 Å². The number of rotatable bonds is 7. The number of carbonyl (C=O) groups is 1. The Labute approximate surface area is 102 Å². The van der Waals surface area contributed by atoms with E-state index in [-0.39, 0.29) is 0 Å². The molecule has 0 aliphatic rings. The van der Waals surface area contributed by atoms with E-state index in [9.17, 15) is 9.90 Å². The molecule has 17 heavy (non-hydrogen) atoms. The molecular weight excluding hydrogens is 218 g/mol. The molecule has 0 bridgehead atoms. The highest BCUT2D eigenvalue weighted by Crippen LogP contribution is 2.14. The molecule has 0 fully saturated rings. The van der Waals surface area contributed by atoms with Gasteiger partial charge in [-0.2, -0.15) is 5.06 Å². The molecule has 0 N–H and O–H groups in total. The van der Waals surface area contributed by atoms with Crippen LogP contribution in [0.3, 0.4) is 0 Å². The van der Waals surface area contributed by atoms with Gasteiger partial charge in [0.2, 0.25) is 0 Å². The van der Waals surface area contributed by atoms with Crippen LogP contribution in [0.25, 0.3) is 0 Å². The van der Waals surface area contributed by atoms with Crippen molar-refractivity contribution in [3.63, 3.8) is 0 Å². The molecule has 0 saturated heterocycles. The van der Waals surface area contributed by atoms with Crippen molar-refractivity contribution < 1.29 is 14.7 Å². The zero-order chi connectivity index (χ0) is 12.5. The van der Waals surface area contributed by atoms with Gasteiger partial charge >= 0.3 is 6.09 Å². The molecule has 0 unspecified atom stereocenters. The lowest BCUT2D eigenvalue weighted by Gasteiger charge is -2.17. The van der Waals surface area contributed by atoms with E-state index in [4.69, 9.17) is 4.84 Å². The smallest absolute Gasteiger partial charge is 0.263 e. The minimum Gasteiger partial charge on any atom is -0.263 e. The number of para-hydroxylation sites is 1. The average Bonchev–Trinajstić information content (AvgIpc) is 2.34. The fraction of sp³-hybridized carbons (Fsp3) is 0.462. The van der Waals surface area contributed by atoms with Gasteiger partial charge in [0.05, 0.1) is 12.3 Å². The van der Waals surface area contributed by atoms with Crippen molar-refractivity contribution >= 4 is 11.8 Å². The van der Waals surface area contributed by atoms with Gasteiger partial charge in [-0.15, -0.1) is 0 Å². The molecule has 1 rings (SSSR count). The van der Waals surface area contributed by atoms with Crippen LogP contribution < -0.4 is 5.06 Å². The van der Waals surface area contributed by atoms with Crippen LogP contribution in [0, 0.1) is 0 Å². The molecule has 1 amide bonds. The summed E-state index contributed by atoms with van der Waals surface area (Å²) in [5.41, 5.74) is 0.475. The molecule has 4 nitrogen and oxygen atoms in total. The number of carbonyl (C=O) groups excluding carboxylic acids is 1. The highest BCUT2D eigenvalue weighted by molar-refractivity contribution is 5.83. The summed E-state index contributed by atoms with van der Waals surface area (Å²) in [7, 11) is 0. The third-order valence-electron chi connectivity index (χ3n) is 2.37. The van der Waals surface area contributed by atoms with Crippen LogP contribution in [0.2, 0.25) is 0 Å². The lowest BCUT2D eigenvalue weighted by atomic mass is 10.2. The Morgan fingerprint density at radius 1 is 1.18 bits per heavy atom. The lowest BCUT2D eigenvalue weighted by molar-refractivity contribution is 0.0806. The Hall–Kier alpha value is -1.55. The molecular formula is C13H18NO3. The normalized spacial score (nSPS) is 10.2. The van der Waals surface area contributed by atoms with Crippen LogP contribution in [-0.2, 0) is 9.94 Å². The van der Waals surface area contributed by atoms with Crippen molar-refractivity contribution in [3.8, 4) is 0 Å². The van der Waals surface area contributed by atoms with Gasteiger partial charge in [-0.3, -0.25) is 4.84 Å². The molecule has 0 heterocycles. The van der Waals surface area contributed by atoms with E-state index in [0.29, 0.717) is 12.3 Å². The zero-order valence-electron chi connectivity index (χ0n) is 10.1. The van der Waals surface area contributed by atoms with Crippen molar-refractivity contribution in [1.29, 1.82) is 0 Å². The van der Waals surface area contributed by atoms with Crippen LogP contribution in [0.15, 0.2) is 30.3 Å². The Morgan fingerprint density at radius 2 is 1.88 bits per heavy atom. The Bertz CT molecular complexity index is 327. The first-order valence-electron chi connectivity index (χ1n) is 5.94. The molecule has 1 aromatic rings. The second kappa shape index (κ2) is 7.68. The molecule has 0 spiro atoms. The summed E-state index contributed by atoms with van der Waals surface area (Å²) in [4.78, 5) is 16.1. The number of unbranched alkanes of at least 4 members (excludes halogenated alkanes) is 3. The summed E-state index contributed by atoms with van der Waals surface area (Å²) in [6.07, 6.45) is 2.84. The Kier molecular flexibility index (Phi) is 6.10. The monoisotopic (exact) mass is 236 g/mol. The van der Waals surface area contributed by atoms with Gasteiger partial charge in [0.25, 0.3) is 0 Å². The van der Waals surface area contributed by atoms with E-state index in [1.165, 1.54) is 0 Å². The lowest BCUT2D eigenvalue weighted by Crippen LogP contribution is -2.28. The van der Waals surface area contributed by atoms with E-state index in [1.807, 2.05) is 6.07 Å². The third-order valence-corrected chi connectivity index (χ3v) is 2.37. The fourth-order valence-electron chi connectivity index (χ4n) is 1.48. The van der Waals surface area contributed by atoms with Crippen molar-refractivity contribution in [2.45, 2.75) is 32.6 Å². The minimum atomic E-state index is -1.34. The highest BCUT2D eigenvalue weighted by Gasteiger charge is 2.16. The summed E-state index contributed by atoms with van der Waals surface area (Å²) >= 11 is 0. The summed E-state index contributed by atoms with van der Waals surface area (Å²) < 4.78 is 0. The quantitative estimate of drug-likeness (QED) is 0.537. The number of nitrogens with zero attached hydrogens (tertiary/aromatic N) is 1. The largest absolute Gasteiger partial charge is 0.481 e. The first kappa shape index (κ1) is 13.5. The number of hydrogen-bond acceptors (Lipinski definition) is 2. The molecule has 0 aliphatic heterocycles. The summed E-state index contributed by atoms with van der Waals surface area (Å²) in [5, 5.41) is 11.7. The van der Waals surface area contributed by atoms with Crippen molar-refractivity contribution in [1.82, 2.24) is 0 Å². The highest BCUT2D eigenvalue weighted by atomic mass is 16.7. The Morgan fingerprint density at radius 3 is 2.47 bits per heavy atom. The summed E-state index contributed by atoms with van der Waals surface area (Å²) in [6, 6.07) is 8.67. The van der Waals surface area contributed by atoms with Crippen molar-refractivity contribution in [3.05, 3.63) is 30.3 Å². The standard InChI is InChI=1S/C13H18NO3/c1-2-3-4-8-11-17-14(13(15)16)12-9-6-5-7-10-12/h5-7,9-10H,2-4,8,11H2,1H3. The molecule has 1 aromatic carbocycles. The van der Waals surface area contributed by atoms with Gasteiger partial charge in [0, 0.05) is 0 Å². The van der Waals surface area contributed by atoms with E-state index in [2.05, 4.69) is 6.92 Å². The Balaban J connectivity index is 2.42. The molecule has 1 radical (unpaired) electrons. The fourth-order valence-corrected chi connectivity index (χ4v) is 1.48. The van der Waals surface area contributed by atoms with Crippen molar-refractivity contribution in [2.75, 3.05) is 11.7 Å². The molecule has 0 atom stereocenters. The predicted molar refractivity (Wildman–Crippen MR) is 65.1 cm³/mol. The molecule has 4 heteroatoms. The van der Waals surface area contributed by atoms with Gasteiger partial charge < -0.3 is 0 Å². The minimum absolute atomic E-state index is 0.392. The van der Waals surface area contributed by atoms with E-state index >= 15 is 0 Å². The second-order valence-corrected chi connectivity index (χ2v) is 3.79. The van der Waals surface area contributed by atoms with Crippen LogP contribution >= 0.6 is 0 Å². The number of amides is 1. The summed E-state index contributed by atoms with van der Waals surface area (Å²) in [5.74, 6) is 0. The number of anilines is 1. The first-order valence-corrected chi connectivity index (χ1v) is 5.94. The first-order chi connectivity index (χ1) is 8.25. The van der Waals surface area contributed by atoms with Gasteiger partial charge in [-0.05, 0) is 18.6 Å². The number of benzene rings is 1. The van der Waals surface area contributed by atoms with Gasteiger partial charge in [-0.1, -0.05) is 44.4 Å². The van der Waals surface area contributed by atoms with Crippen LogP contribution in [0.1, 0.15) is 32.6 Å². The summed E-state index contributed by atoms with van der Waals surface area (Å²) in [6.45, 7) is 2.52. The van der Waals surface area contributed by atoms with Crippen molar-refractivity contribution in [2.24, 2.45) is 0 Å². The molecule has 0 aromatic heterocycles. The van der Waals surface area contributed by atoms with Gasteiger partial charge in [0.15, 0.2) is 0 Å². The zero-order valence-corrected chi connectivity index (χ0v) is 10.1. The molecule has 0 saturated carbocycles. The number of hydroxylamine groups is 1.